The summed E-state index contributed by atoms with van der Waals surface area (Å²) in [6.45, 7) is 3.43. The Bertz CT molecular complexity index is 952. The molecule has 2 amide bonds. The minimum absolute atomic E-state index is 0.153. The average Bonchev–Trinajstić information content (AvgIpc) is 3.05. The first-order valence-corrected chi connectivity index (χ1v) is 10.2. The van der Waals surface area contributed by atoms with Crippen molar-refractivity contribution in [1.29, 1.82) is 0 Å². The molecule has 3 aromatic rings. The Labute approximate surface area is 166 Å². The van der Waals surface area contributed by atoms with Crippen molar-refractivity contribution in [1.82, 2.24) is 4.98 Å². The first-order chi connectivity index (χ1) is 13.0. The molecule has 0 radical (unpaired) electrons. The highest BCUT2D eigenvalue weighted by Crippen LogP contribution is 2.26. The van der Waals surface area contributed by atoms with Crippen LogP contribution in [0.1, 0.15) is 28.5 Å². The number of carbonyl (C=O) groups is 2. The number of nitrogens with one attached hydrogen (secondary N) is 2. The number of aryl methyl sites for hydroxylation is 1. The molecule has 0 saturated carbocycles. The van der Waals surface area contributed by atoms with E-state index >= 15 is 0 Å². The summed E-state index contributed by atoms with van der Waals surface area (Å²) < 4.78 is 1.05. The van der Waals surface area contributed by atoms with E-state index in [1.54, 1.807) is 47.4 Å². The number of amides is 2. The van der Waals surface area contributed by atoms with E-state index in [9.17, 15) is 9.59 Å². The maximum Gasteiger partial charge on any atom is 0.255 e. The van der Waals surface area contributed by atoms with Crippen molar-refractivity contribution in [2.24, 2.45) is 0 Å². The third-order valence-electron chi connectivity index (χ3n) is 3.62. The molecule has 0 fully saturated rings. The van der Waals surface area contributed by atoms with Crippen molar-refractivity contribution in [2.75, 3.05) is 10.6 Å². The lowest BCUT2D eigenvalue weighted by Crippen LogP contribution is -2.12. The highest BCUT2D eigenvalue weighted by atomic mass is 32.2. The second-order valence-electron chi connectivity index (χ2n) is 5.96. The van der Waals surface area contributed by atoms with E-state index in [0.29, 0.717) is 16.9 Å². The number of hydrogen-bond acceptors (Lipinski definition) is 5. The predicted octanol–water partition coefficient (Wildman–Crippen LogP) is 4.95. The Morgan fingerprint density at radius 3 is 2.41 bits per heavy atom. The lowest BCUT2D eigenvalue weighted by atomic mass is 10.1. The molecule has 0 unspecified atom stereocenters. The van der Waals surface area contributed by atoms with E-state index in [1.807, 2.05) is 36.6 Å². The predicted molar refractivity (Wildman–Crippen MR) is 112 cm³/mol. The third kappa shape index (κ3) is 5.67. The molecule has 0 aliphatic carbocycles. The number of carbonyl (C=O) groups excluding carboxylic acids is 2. The highest BCUT2D eigenvalue weighted by Gasteiger charge is 2.08. The average molecular weight is 398 g/mol. The molecule has 3 rings (SSSR count). The van der Waals surface area contributed by atoms with Crippen LogP contribution in [0.15, 0.2) is 58.3 Å². The van der Waals surface area contributed by atoms with Gasteiger partial charge in [0.1, 0.15) is 4.34 Å². The number of thioether (sulfide) groups is 1. The standard InChI is InChI=1S/C20H19N3O2S2/c1-13-11-26-20(21-13)27-12-15-6-8-16(9-7-15)19(25)23-18-5-3-4-17(10-18)22-14(2)24/h3-11H,12H2,1-2H3,(H,22,24)(H,23,25). The largest absolute Gasteiger partial charge is 0.326 e. The van der Waals surface area contributed by atoms with Crippen molar-refractivity contribution in [3.63, 3.8) is 0 Å². The summed E-state index contributed by atoms with van der Waals surface area (Å²) in [5.74, 6) is 0.470. The number of rotatable bonds is 6. The van der Waals surface area contributed by atoms with E-state index in [-0.39, 0.29) is 11.8 Å². The molecule has 2 N–H and O–H groups in total. The number of nitrogens with zero attached hydrogens (tertiary/aromatic N) is 1. The monoisotopic (exact) mass is 397 g/mol. The summed E-state index contributed by atoms with van der Waals surface area (Å²) in [5, 5.41) is 7.58. The maximum atomic E-state index is 12.4. The summed E-state index contributed by atoms with van der Waals surface area (Å²) in [4.78, 5) is 28.0. The van der Waals surface area contributed by atoms with E-state index in [0.717, 1.165) is 21.3 Å². The SMILES string of the molecule is CC(=O)Nc1cccc(NC(=O)c2ccc(CSc3nc(C)cs3)cc2)c1. The number of thiazole rings is 1. The van der Waals surface area contributed by atoms with Gasteiger partial charge in [-0.3, -0.25) is 9.59 Å². The van der Waals surface area contributed by atoms with Gasteiger partial charge in [0.05, 0.1) is 0 Å². The van der Waals surface area contributed by atoms with E-state index in [1.165, 1.54) is 6.92 Å². The molecule has 0 bridgehead atoms. The van der Waals surface area contributed by atoms with Gasteiger partial charge in [-0.2, -0.15) is 0 Å². The Hall–Kier alpha value is -2.64. The normalized spacial score (nSPS) is 10.4. The second-order valence-corrected chi connectivity index (χ2v) is 8.04. The van der Waals surface area contributed by atoms with Crippen molar-refractivity contribution >= 4 is 46.3 Å². The Morgan fingerprint density at radius 2 is 1.78 bits per heavy atom. The van der Waals surface area contributed by atoms with Gasteiger partial charge < -0.3 is 10.6 Å². The first kappa shape index (κ1) is 19.1. The summed E-state index contributed by atoms with van der Waals surface area (Å²) >= 11 is 3.33. The summed E-state index contributed by atoms with van der Waals surface area (Å²) in [6.07, 6.45) is 0. The molecule has 0 saturated heterocycles. The Morgan fingerprint density at radius 1 is 1.07 bits per heavy atom. The molecular formula is C20H19N3O2S2. The van der Waals surface area contributed by atoms with Crippen molar-refractivity contribution in [2.45, 2.75) is 23.9 Å². The topological polar surface area (TPSA) is 71.1 Å². The highest BCUT2D eigenvalue weighted by molar-refractivity contribution is 8.00. The van der Waals surface area contributed by atoms with Gasteiger partial charge in [0.25, 0.3) is 5.91 Å². The molecule has 1 heterocycles. The molecule has 2 aromatic carbocycles. The summed E-state index contributed by atoms with van der Waals surface area (Å²) in [6, 6.07) is 14.6. The number of benzene rings is 2. The fourth-order valence-electron chi connectivity index (χ4n) is 2.38. The summed E-state index contributed by atoms with van der Waals surface area (Å²) in [5.41, 5.74) is 4.03. The van der Waals surface area contributed by atoms with Crippen LogP contribution in [0.3, 0.4) is 0 Å². The van der Waals surface area contributed by atoms with Crippen LogP contribution in [0, 0.1) is 6.92 Å². The van der Waals surface area contributed by atoms with Crippen LogP contribution in [0.2, 0.25) is 0 Å². The van der Waals surface area contributed by atoms with Gasteiger partial charge in [0.15, 0.2) is 0 Å². The maximum absolute atomic E-state index is 12.4. The molecule has 138 valence electrons. The van der Waals surface area contributed by atoms with Gasteiger partial charge >= 0.3 is 0 Å². The molecular weight excluding hydrogens is 378 g/mol. The third-order valence-corrected chi connectivity index (χ3v) is 5.83. The van der Waals surface area contributed by atoms with E-state index < -0.39 is 0 Å². The molecule has 0 spiro atoms. The lowest BCUT2D eigenvalue weighted by molar-refractivity contribution is -0.114. The minimum Gasteiger partial charge on any atom is -0.326 e. The van der Waals surface area contributed by atoms with Gasteiger partial charge in [0, 0.05) is 40.7 Å². The van der Waals surface area contributed by atoms with Crippen LogP contribution in [0.5, 0.6) is 0 Å². The first-order valence-electron chi connectivity index (χ1n) is 8.32. The second kappa shape index (κ2) is 8.83. The lowest BCUT2D eigenvalue weighted by Gasteiger charge is -2.08. The molecule has 5 nitrogen and oxygen atoms in total. The molecule has 27 heavy (non-hydrogen) atoms. The molecule has 0 aliphatic heterocycles. The van der Waals surface area contributed by atoms with Gasteiger partial charge in [-0.15, -0.1) is 11.3 Å². The van der Waals surface area contributed by atoms with Crippen molar-refractivity contribution in [3.05, 3.63) is 70.7 Å². The van der Waals surface area contributed by atoms with Crippen LogP contribution in [0.25, 0.3) is 0 Å². The molecule has 0 atom stereocenters. The Balaban J connectivity index is 1.59. The molecule has 1 aromatic heterocycles. The quantitative estimate of drug-likeness (QED) is 0.577. The zero-order valence-electron chi connectivity index (χ0n) is 15.0. The smallest absolute Gasteiger partial charge is 0.255 e. The van der Waals surface area contributed by atoms with E-state index in [2.05, 4.69) is 15.6 Å². The van der Waals surface area contributed by atoms with Crippen LogP contribution in [-0.4, -0.2) is 16.8 Å². The summed E-state index contributed by atoms with van der Waals surface area (Å²) in [7, 11) is 0. The number of hydrogen-bond donors (Lipinski definition) is 2. The minimum atomic E-state index is -0.190. The van der Waals surface area contributed by atoms with Gasteiger partial charge in [-0.25, -0.2) is 4.98 Å². The van der Waals surface area contributed by atoms with Gasteiger partial charge in [0.2, 0.25) is 5.91 Å². The number of aromatic nitrogens is 1. The van der Waals surface area contributed by atoms with Crippen LogP contribution >= 0.6 is 23.1 Å². The van der Waals surface area contributed by atoms with Crippen molar-refractivity contribution in [3.8, 4) is 0 Å². The zero-order chi connectivity index (χ0) is 19.2. The van der Waals surface area contributed by atoms with Crippen LogP contribution in [0.4, 0.5) is 11.4 Å². The Kier molecular flexibility index (Phi) is 6.26. The van der Waals surface area contributed by atoms with Crippen molar-refractivity contribution < 1.29 is 9.59 Å². The van der Waals surface area contributed by atoms with Crippen LogP contribution in [-0.2, 0) is 10.5 Å². The van der Waals surface area contributed by atoms with Gasteiger partial charge in [-0.05, 0) is 42.8 Å². The number of anilines is 2. The van der Waals surface area contributed by atoms with Gasteiger partial charge in [-0.1, -0.05) is 30.0 Å². The zero-order valence-corrected chi connectivity index (χ0v) is 16.6. The van der Waals surface area contributed by atoms with Crippen LogP contribution < -0.4 is 10.6 Å². The molecule has 0 aliphatic rings. The fraction of sp³-hybridized carbons (Fsp3) is 0.150. The fourth-order valence-corrected chi connectivity index (χ4v) is 4.18. The van der Waals surface area contributed by atoms with E-state index in [4.69, 9.17) is 0 Å². The molecule has 7 heteroatoms.